The summed E-state index contributed by atoms with van der Waals surface area (Å²) in [6.45, 7) is 2.58. The third-order valence-corrected chi connectivity index (χ3v) is 5.79. The molecule has 5 rings (SSSR count). The third kappa shape index (κ3) is 3.75. The lowest BCUT2D eigenvalue weighted by Crippen LogP contribution is -2.37. The van der Waals surface area contributed by atoms with Crippen molar-refractivity contribution in [2.45, 2.75) is 6.10 Å². The maximum atomic E-state index is 9.73. The number of hydrogen-bond donors (Lipinski definition) is 1. The van der Waals surface area contributed by atoms with Gasteiger partial charge in [-0.15, -0.1) is 0 Å². The minimum atomic E-state index is -0.608. The van der Waals surface area contributed by atoms with Crippen LogP contribution in [0.3, 0.4) is 0 Å². The zero-order valence-electron chi connectivity index (χ0n) is 18.2. The van der Waals surface area contributed by atoms with E-state index in [1.807, 2.05) is 37.5 Å². The Bertz CT molecular complexity index is 1220. The van der Waals surface area contributed by atoms with E-state index in [1.54, 1.807) is 4.68 Å². The highest BCUT2D eigenvalue weighted by molar-refractivity contribution is 5.95. The van der Waals surface area contributed by atoms with Crippen LogP contribution < -0.4 is 4.90 Å². The normalized spacial score (nSPS) is 15.4. The fourth-order valence-electron chi connectivity index (χ4n) is 4.06. The van der Waals surface area contributed by atoms with Crippen molar-refractivity contribution >= 4 is 16.7 Å². The summed E-state index contributed by atoms with van der Waals surface area (Å²) in [6.07, 6.45) is 3.38. The lowest BCUT2D eigenvalue weighted by Gasteiger charge is -2.28. The highest BCUT2D eigenvalue weighted by Crippen LogP contribution is 2.29. The first-order valence-corrected chi connectivity index (χ1v) is 10.6. The Kier molecular flexibility index (Phi) is 5.60. The maximum Gasteiger partial charge on any atom is 0.164 e. The molecular formula is C23H26N6O3. The van der Waals surface area contributed by atoms with E-state index in [0.29, 0.717) is 24.9 Å². The summed E-state index contributed by atoms with van der Waals surface area (Å²) in [5.41, 5.74) is 3.08. The van der Waals surface area contributed by atoms with Gasteiger partial charge in [-0.05, 0) is 12.1 Å². The fourth-order valence-corrected chi connectivity index (χ4v) is 4.06. The van der Waals surface area contributed by atoms with Gasteiger partial charge in [0.1, 0.15) is 11.9 Å². The van der Waals surface area contributed by atoms with Gasteiger partial charge in [0.15, 0.2) is 11.6 Å². The van der Waals surface area contributed by atoms with Crippen molar-refractivity contribution in [1.29, 1.82) is 0 Å². The van der Waals surface area contributed by atoms with Crippen LogP contribution in [0.1, 0.15) is 11.9 Å². The van der Waals surface area contributed by atoms with Crippen LogP contribution in [0.2, 0.25) is 0 Å². The molecule has 4 aromatic rings. The van der Waals surface area contributed by atoms with Crippen molar-refractivity contribution in [2.24, 2.45) is 7.05 Å². The smallest absolute Gasteiger partial charge is 0.164 e. The van der Waals surface area contributed by atoms with Crippen molar-refractivity contribution < 1.29 is 14.6 Å². The second kappa shape index (κ2) is 8.70. The molecule has 166 valence electrons. The molecule has 0 aliphatic carbocycles. The molecule has 1 unspecified atom stereocenters. The van der Waals surface area contributed by atoms with Crippen molar-refractivity contribution in [3.8, 4) is 17.1 Å². The Balaban J connectivity index is 1.57. The highest BCUT2D eigenvalue weighted by Gasteiger charge is 2.21. The molecule has 0 saturated carbocycles. The molecule has 9 nitrogen and oxygen atoms in total. The van der Waals surface area contributed by atoms with E-state index >= 15 is 0 Å². The number of fused-ring (bicyclic) bond motifs is 1. The van der Waals surface area contributed by atoms with Crippen LogP contribution in [-0.4, -0.2) is 69.4 Å². The van der Waals surface area contributed by atoms with Gasteiger partial charge in [-0.25, -0.2) is 14.6 Å². The summed E-state index contributed by atoms with van der Waals surface area (Å²) in [4.78, 5) is 11.5. The first-order chi connectivity index (χ1) is 15.7. The van der Waals surface area contributed by atoms with Crippen molar-refractivity contribution in [2.75, 3.05) is 44.9 Å². The fraction of sp³-hybridized carbons (Fsp3) is 0.348. The summed E-state index contributed by atoms with van der Waals surface area (Å²) < 4.78 is 14.7. The molecule has 4 heterocycles. The number of aliphatic hydroxyl groups is 1. The molecule has 0 amide bonds. The molecule has 1 aliphatic rings. The Morgan fingerprint density at radius 1 is 1.12 bits per heavy atom. The third-order valence-electron chi connectivity index (χ3n) is 5.79. The molecule has 0 bridgehead atoms. The number of morpholine rings is 1. The van der Waals surface area contributed by atoms with Crippen LogP contribution in [-0.2, 0) is 16.5 Å². The predicted octanol–water partition coefficient (Wildman–Crippen LogP) is 2.34. The molecule has 32 heavy (non-hydrogen) atoms. The average Bonchev–Trinajstić information content (AvgIpc) is 3.46. The van der Waals surface area contributed by atoms with E-state index in [4.69, 9.17) is 14.6 Å². The monoisotopic (exact) mass is 434 g/mol. The van der Waals surface area contributed by atoms with Gasteiger partial charge in [-0.1, -0.05) is 18.2 Å². The number of para-hydroxylation sites is 1. The van der Waals surface area contributed by atoms with Gasteiger partial charge in [-0.2, -0.15) is 5.10 Å². The molecule has 1 N–H and O–H groups in total. The van der Waals surface area contributed by atoms with Crippen LogP contribution in [0, 0.1) is 0 Å². The molecule has 0 spiro atoms. The summed E-state index contributed by atoms with van der Waals surface area (Å²) in [5.74, 6) is 1.82. The van der Waals surface area contributed by atoms with E-state index in [9.17, 15) is 5.11 Å². The van der Waals surface area contributed by atoms with Crippen LogP contribution in [0.15, 0.2) is 48.8 Å². The van der Waals surface area contributed by atoms with Crippen LogP contribution in [0.5, 0.6) is 0 Å². The van der Waals surface area contributed by atoms with E-state index < -0.39 is 6.10 Å². The Hall–Kier alpha value is -3.27. The molecule has 1 saturated heterocycles. The zero-order valence-corrected chi connectivity index (χ0v) is 18.2. The van der Waals surface area contributed by atoms with Gasteiger partial charge in [0.2, 0.25) is 0 Å². The number of methoxy groups -OCH3 is 1. The lowest BCUT2D eigenvalue weighted by molar-refractivity contribution is 0.0422. The maximum absolute atomic E-state index is 9.73. The van der Waals surface area contributed by atoms with Crippen molar-refractivity contribution in [3.63, 3.8) is 0 Å². The minimum absolute atomic E-state index is 0.205. The molecule has 9 heteroatoms. The summed E-state index contributed by atoms with van der Waals surface area (Å²) in [7, 11) is 3.58. The summed E-state index contributed by atoms with van der Waals surface area (Å²) >= 11 is 0. The van der Waals surface area contributed by atoms with Crippen LogP contribution >= 0.6 is 0 Å². The second-order valence-corrected chi connectivity index (χ2v) is 7.77. The van der Waals surface area contributed by atoms with Gasteiger partial charge >= 0.3 is 0 Å². The van der Waals surface area contributed by atoms with Gasteiger partial charge < -0.3 is 24.0 Å². The Morgan fingerprint density at radius 3 is 2.69 bits per heavy atom. The van der Waals surface area contributed by atoms with E-state index in [0.717, 1.165) is 41.1 Å². The lowest BCUT2D eigenvalue weighted by atomic mass is 10.1. The molecule has 3 aromatic heterocycles. The number of benzene rings is 1. The standard InChI is InChI=1S/C23H26N6O3/c1-27-14-17(16-5-3-4-6-19(16)27)18-7-8-29(26-18)22-13-21(28-9-11-32-12-10-28)24-23(25-22)20(15-30)31-2/h3-8,13-14,20,30H,9-12,15H2,1-2H3. The van der Waals surface area contributed by atoms with E-state index in [2.05, 4.69) is 37.8 Å². The van der Waals surface area contributed by atoms with Crippen LogP contribution in [0.4, 0.5) is 5.82 Å². The molecule has 0 radical (unpaired) electrons. The second-order valence-electron chi connectivity index (χ2n) is 7.77. The largest absolute Gasteiger partial charge is 0.393 e. The zero-order chi connectivity index (χ0) is 22.1. The number of ether oxygens (including phenoxy) is 2. The molecule has 1 fully saturated rings. The number of aromatic nitrogens is 5. The first-order valence-electron chi connectivity index (χ1n) is 10.6. The van der Waals surface area contributed by atoms with Gasteiger partial charge in [-0.3, -0.25) is 0 Å². The Morgan fingerprint density at radius 2 is 1.91 bits per heavy atom. The first kappa shape index (κ1) is 20.6. The Labute approximate surface area is 185 Å². The number of aliphatic hydroxyl groups excluding tert-OH is 1. The molecule has 1 atom stereocenters. The van der Waals surface area contributed by atoms with Gasteiger partial charge in [0.05, 0.1) is 25.5 Å². The van der Waals surface area contributed by atoms with Gasteiger partial charge in [0, 0.05) is 62.2 Å². The number of nitrogens with zero attached hydrogens (tertiary/aromatic N) is 6. The SMILES string of the molecule is COC(CO)c1nc(N2CCOCC2)cc(-n2ccc(-c3cn(C)c4ccccc34)n2)n1. The number of anilines is 1. The summed E-state index contributed by atoms with van der Waals surface area (Å²) in [5, 5.41) is 15.7. The van der Waals surface area contributed by atoms with E-state index in [-0.39, 0.29) is 6.61 Å². The number of aryl methyl sites for hydroxylation is 1. The molecular weight excluding hydrogens is 408 g/mol. The highest BCUT2D eigenvalue weighted by atomic mass is 16.5. The summed E-state index contributed by atoms with van der Waals surface area (Å²) in [6, 6.07) is 12.2. The molecule has 1 aliphatic heterocycles. The van der Waals surface area contributed by atoms with Crippen molar-refractivity contribution in [3.05, 3.63) is 54.6 Å². The average molecular weight is 435 g/mol. The number of hydrogen-bond acceptors (Lipinski definition) is 7. The van der Waals surface area contributed by atoms with Gasteiger partial charge in [0.25, 0.3) is 0 Å². The quantitative estimate of drug-likeness (QED) is 0.498. The minimum Gasteiger partial charge on any atom is -0.393 e. The number of rotatable bonds is 6. The molecule has 1 aromatic carbocycles. The predicted molar refractivity (Wildman–Crippen MR) is 121 cm³/mol. The topological polar surface area (TPSA) is 90.5 Å². The van der Waals surface area contributed by atoms with Crippen LogP contribution in [0.25, 0.3) is 28.0 Å². The van der Waals surface area contributed by atoms with Crippen molar-refractivity contribution in [1.82, 2.24) is 24.3 Å². The van der Waals surface area contributed by atoms with E-state index in [1.165, 1.54) is 7.11 Å².